The van der Waals surface area contributed by atoms with E-state index in [9.17, 15) is 4.79 Å². The molecule has 0 saturated carbocycles. The van der Waals surface area contributed by atoms with Gasteiger partial charge in [-0.15, -0.1) is 0 Å². The fourth-order valence-corrected chi connectivity index (χ4v) is 2.23. The van der Waals surface area contributed by atoms with Gasteiger partial charge < -0.3 is 10.8 Å². The highest BCUT2D eigenvalue weighted by Crippen LogP contribution is 2.18. The monoisotopic (exact) mass is 279 g/mol. The van der Waals surface area contributed by atoms with E-state index in [1.54, 1.807) is 12.3 Å². The Bertz CT molecular complexity index is 831. The van der Waals surface area contributed by atoms with Gasteiger partial charge in [-0.05, 0) is 35.9 Å². The van der Waals surface area contributed by atoms with Crippen molar-refractivity contribution in [3.8, 4) is 0 Å². The molecule has 5 nitrogen and oxygen atoms in total. The van der Waals surface area contributed by atoms with Crippen LogP contribution in [0.2, 0.25) is 0 Å². The Morgan fingerprint density at radius 1 is 1.14 bits per heavy atom. The Morgan fingerprint density at radius 2 is 2.00 bits per heavy atom. The molecule has 0 bridgehead atoms. The Balaban J connectivity index is 1.94. The third-order valence-corrected chi connectivity index (χ3v) is 3.22. The van der Waals surface area contributed by atoms with Crippen molar-refractivity contribution < 1.29 is 9.90 Å². The van der Waals surface area contributed by atoms with E-state index in [2.05, 4.69) is 9.97 Å². The summed E-state index contributed by atoms with van der Waals surface area (Å²) in [7, 11) is 0. The van der Waals surface area contributed by atoms with Crippen LogP contribution in [0.3, 0.4) is 0 Å². The average molecular weight is 279 g/mol. The van der Waals surface area contributed by atoms with E-state index < -0.39 is 5.97 Å². The Hall–Kier alpha value is -2.95. The van der Waals surface area contributed by atoms with Crippen LogP contribution in [0.5, 0.6) is 0 Å². The minimum Gasteiger partial charge on any atom is -0.478 e. The number of nitrogen functional groups attached to an aromatic ring is 1. The van der Waals surface area contributed by atoms with Gasteiger partial charge in [-0.25, -0.2) is 4.79 Å². The molecule has 0 aliphatic carbocycles. The van der Waals surface area contributed by atoms with Gasteiger partial charge in [-0.3, -0.25) is 9.97 Å². The lowest BCUT2D eigenvalue weighted by Crippen LogP contribution is -2.00. The second-order valence-corrected chi connectivity index (χ2v) is 4.81. The summed E-state index contributed by atoms with van der Waals surface area (Å²) in [5, 5.41) is 9.96. The number of carboxylic acid groups (broad SMARTS) is 1. The van der Waals surface area contributed by atoms with Gasteiger partial charge in [0.15, 0.2) is 0 Å². The molecule has 3 rings (SSSR count). The van der Waals surface area contributed by atoms with Gasteiger partial charge in [0.05, 0.1) is 23.0 Å². The topological polar surface area (TPSA) is 89.1 Å². The van der Waals surface area contributed by atoms with E-state index in [0.29, 0.717) is 17.8 Å². The number of pyridine rings is 2. The number of nitrogens with zero attached hydrogens (tertiary/aromatic N) is 2. The van der Waals surface area contributed by atoms with Crippen LogP contribution in [0.4, 0.5) is 5.69 Å². The fraction of sp³-hybridized carbons (Fsp3) is 0.0625. The summed E-state index contributed by atoms with van der Waals surface area (Å²) >= 11 is 0. The molecular formula is C16H13N3O2. The largest absolute Gasteiger partial charge is 0.478 e. The van der Waals surface area contributed by atoms with E-state index in [1.807, 2.05) is 24.3 Å². The predicted octanol–water partition coefficient (Wildman–Crippen LogP) is 2.50. The Morgan fingerprint density at radius 3 is 2.81 bits per heavy atom. The molecule has 0 atom stereocenters. The van der Waals surface area contributed by atoms with E-state index >= 15 is 0 Å². The van der Waals surface area contributed by atoms with Crippen molar-refractivity contribution in [1.29, 1.82) is 0 Å². The minimum atomic E-state index is -0.950. The number of benzene rings is 1. The first-order valence-corrected chi connectivity index (χ1v) is 6.44. The second-order valence-electron chi connectivity index (χ2n) is 4.81. The van der Waals surface area contributed by atoms with Crippen LogP contribution >= 0.6 is 0 Å². The number of nitrogens with two attached hydrogens (primary N) is 1. The number of anilines is 1. The summed E-state index contributed by atoms with van der Waals surface area (Å²) in [6.45, 7) is 0. The number of aromatic carboxylic acids is 1. The van der Waals surface area contributed by atoms with Crippen molar-refractivity contribution in [3.63, 3.8) is 0 Å². The van der Waals surface area contributed by atoms with Crippen molar-refractivity contribution >= 4 is 22.6 Å². The first kappa shape index (κ1) is 13.1. The molecular weight excluding hydrogens is 266 g/mol. The zero-order valence-corrected chi connectivity index (χ0v) is 11.2. The molecule has 21 heavy (non-hydrogen) atoms. The van der Waals surface area contributed by atoms with Crippen LogP contribution in [0.15, 0.2) is 48.8 Å². The lowest BCUT2D eigenvalue weighted by atomic mass is 10.0. The second kappa shape index (κ2) is 5.20. The molecule has 0 fully saturated rings. The number of hydrogen-bond acceptors (Lipinski definition) is 4. The van der Waals surface area contributed by atoms with Crippen LogP contribution in [0.25, 0.3) is 10.9 Å². The predicted molar refractivity (Wildman–Crippen MR) is 80.2 cm³/mol. The quantitative estimate of drug-likeness (QED) is 0.769. The van der Waals surface area contributed by atoms with Gasteiger partial charge in [-0.2, -0.15) is 0 Å². The molecule has 2 heterocycles. The molecule has 0 radical (unpaired) electrons. The van der Waals surface area contributed by atoms with Crippen molar-refractivity contribution in [2.45, 2.75) is 6.42 Å². The fourth-order valence-electron chi connectivity index (χ4n) is 2.23. The zero-order chi connectivity index (χ0) is 14.8. The smallest absolute Gasteiger partial charge is 0.335 e. The third-order valence-electron chi connectivity index (χ3n) is 3.22. The van der Waals surface area contributed by atoms with Crippen molar-refractivity contribution in [1.82, 2.24) is 9.97 Å². The number of carboxylic acids is 1. The lowest BCUT2D eigenvalue weighted by Gasteiger charge is -2.05. The van der Waals surface area contributed by atoms with E-state index in [4.69, 9.17) is 10.8 Å². The highest BCUT2D eigenvalue weighted by atomic mass is 16.4. The highest BCUT2D eigenvalue weighted by Gasteiger charge is 2.06. The number of rotatable bonds is 3. The summed E-state index contributed by atoms with van der Waals surface area (Å²) in [6.07, 6.45) is 3.70. The standard InChI is InChI=1S/C16H13N3O2/c17-13-7-12-5-10(1-2-15(12)19-9-13)6-14-8-11(16(20)21)3-4-18-14/h1-5,7-9H,6,17H2,(H,20,21). The Labute approximate surface area is 121 Å². The molecule has 104 valence electrons. The van der Waals surface area contributed by atoms with E-state index in [0.717, 1.165) is 16.5 Å². The molecule has 5 heteroatoms. The minimum absolute atomic E-state index is 0.242. The number of fused-ring (bicyclic) bond motifs is 1. The van der Waals surface area contributed by atoms with E-state index in [1.165, 1.54) is 12.3 Å². The van der Waals surface area contributed by atoms with E-state index in [-0.39, 0.29) is 5.56 Å². The summed E-state index contributed by atoms with van der Waals surface area (Å²) in [5.74, 6) is -0.950. The SMILES string of the molecule is Nc1cnc2ccc(Cc3cc(C(=O)O)ccn3)cc2c1. The molecule has 3 aromatic rings. The summed E-state index contributed by atoms with van der Waals surface area (Å²) in [4.78, 5) is 19.4. The lowest BCUT2D eigenvalue weighted by molar-refractivity contribution is 0.0696. The number of hydrogen-bond donors (Lipinski definition) is 2. The molecule has 0 spiro atoms. The van der Waals surface area contributed by atoms with Gasteiger partial charge in [-0.1, -0.05) is 6.07 Å². The number of aromatic nitrogens is 2. The molecule has 3 N–H and O–H groups in total. The maximum absolute atomic E-state index is 11.0. The maximum atomic E-state index is 11.0. The third kappa shape index (κ3) is 2.81. The van der Waals surface area contributed by atoms with Crippen LogP contribution < -0.4 is 5.73 Å². The zero-order valence-electron chi connectivity index (χ0n) is 11.2. The molecule has 0 aliphatic heterocycles. The molecule has 0 unspecified atom stereocenters. The van der Waals surface area contributed by atoms with Crippen molar-refractivity contribution in [2.75, 3.05) is 5.73 Å². The summed E-state index contributed by atoms with van der Waals surface area (Å²) in [6, 6.07) is 10.8. The van der Waals surface area contributed by atoms with Gasteiger partial charge in [0.2, 0.25) is 0 Å². The molecule has 0 aliphatic rings. The van der Waals surface area contributed by atoms with Gasteiger partial charge in [0.1, 0.15) is 0 Å². The van der Waals surface area contributed by atoms with Gasteiger partial charge in [0.25, 0.3) is 0 Å². The van der Waals surface area contributed by atoms with Crippen LogP contribution in [-0.4, -0.2) is 21.0 Å². The van der Waals surface area contributed by atoms with Crippen molar-refractivity contribution in [2.24, 2.45) is 0 Å². The van der Waals surface area contributed by atoms with Crippen molar-refractivity contribution in [3.05, 3.63) is 65.6 Å². The first-order valence-electron chi connectivity index (χ1n) is 6.44. The molecule has 0 amide bonds. The Kier molecular flexibility index (Phi) is 3.23. The van der Waals surface area contributed by atoms with Gasteiger partial charge >= 0.3 is 5.97 Å². The summed E-state index contributed by atoms with van der Waals surface area (Å²) in [5.41, 5.74) is 9.22. The first-order chi connectivity index (χ1) is 10.1. The number of carbonyl (C=O) groups is 1. The normalized spacial score (nSPS) is 10.7. The van der Waals surface area contributed by atoms with Gasteiger partial charge in [0, 0.05) is 23.7 Å². The molecule has 0 saturated heterocycles. The maximum Gasteiger partial charge on any atom is 0.335 e. The molecule has 1 aromatic carbocycles. The van der Waals surface area contributed by atoms with Crippen LogP contribution in [0.1, 0.15) is 21.6 Å². The van der Waals surface area contributed by atoms with Crippen LogP contribution in [0, 0.1) is 0 Å². The highest BCUT2D eigenvalue weighted by molar-refractivity contribution is 5.87. The average Bonchev–Trinajstić information content (AvgIpc) is 2.47. The molecule has 2 aromatic heterocycles. The van der Waals surface area contributed by atoms with Crippen LogP contribution in [-0.2, 0) is 6.42 Å². The summed E-state index contributed by atoms with van der Waals surface area (Å²) < 4.78 is 0.